The van der Waals surface area contributed by atoms with Gasteiger partial charge in [0, 0.05) is 0 Å². The van der Waals surface area contributed by atoms with E-state index >= 15 is 0 Å². The molecule has 0 radical (unpaired) electrons. The Balaban J connectivity index is 1.86. The van der Waals surface area contributed by atoms with Crippen LogP contribution < -0.4 is 9.46 Å². The highest BCUT2D eigenvalue weighted by atomic mass is 32.2. The van der Waals surface area contributed by atoms with Crippen molar-refractivity contribution in [3.8, 4) is 11.5 Å². The molecule has 0 aliphatic rings. The molecule has 3 aromatic carbocycles. The minimum atomic E-state index is -3.70. The predicted octanol–water partition coefficient (Wildman–Crippen LogP) is 5.40. The molecule has 3 aromatic rings. The normalized spacial score (nSPS) is 11.3. The fraction of sp³-hybridized carbons (Fsp3) is 0.143. The van der Waals surface area contributed by atoms with Crippen molar-refractivity contribution in [3.05, 3.63) is 84.4 Å². The zero-order valence-corrected chi connectivity index (χ0v) is 15.5. The fourth-order valence-corrected chi connectivity index (χ4v) is 3.56. The van der Waals surface area contributed by atoms with Crippen LogP contribution in [0.1, 0.15) is 25.3 Å². The Kier molecular flexibility index (Phi) is 5.28. The second-order valence-electron chi connectivity index (χ2n) is 6.24. The van der Waals surface area contributed by atoms with Crippen LogP contribution in [-0.2, 0) is 10.0 Å². The summed E-state index contributed by atoms with van der Waals surface area (Å²) >= 11 is 0. The highest BCUT2D eigenvalue weighted by molar-refractivity contribution is 7.92. The first-order valence-electron chi connectivity index (χ1n) is 8.40. The number of anilines is 1. The molecule has 26 heavy (non-hydrogen) atoms. The summed E-state index contributed by atoms with van der Waals surface area (Å²) < 4.78 is 33.9. The van der Waals surface area contributed by atoms with Gasteiger partial charge in [0.15, 0.2) is 5.75 Å². The molecule has 5 heteroatoms. The number of sulfonamides is 1. The highest BCUT2D eigenvalue weighted by Gasteiger charge is 2.17. The summed E-state index contributed by atoms with van der Waals surface area (Å²) in [5, 5.41) is 0. The number of nitrogens with one attached hydrogen (secondary N) is 1. The van der Waals surface area contributed by atoms with Gasteiger partial charge in [0.25, 0.3) is 10.0 Å². The zero-order valence-electron chi connectivity index (χ0n) is 14.7. The summed E-state index contributed by atoms with van der Waals surface area (Å²) in [4.78, 5) is 0.219. The van der Waals surface area contributed by atoms with Crippen LogP contribution in [0, 0.1) is 0 Å². The van der Waals surface area contributed by atoms with E-state index in [0.29, 0.717) is 23.1 Å². The van der Waals surface area contributed by atoms with E-state index in [-0.39, 0.29) is 4.90 Å². The van der Waals surface area contributed by atoms with E-state index in [4.69, 9.17) is 4.74 Å². The van der Waals surface area contributed by atoms with E-state index in [0.717, 1.165) is 5.56 Å². The Morgan fingerprint density at radius 3 is 2.08 bits per heavy atom. The molecule has 0 saturated carbocycles. The second kappa shape index (κ2) is 7.62. The monoisotopic (exact) mass is 367 g/mol. The van der Waals surface area contributed by atoms with E-state index in [9.17, 15) is 8.42 Å². The second-order valence-corrected chi connectivity index (χ2v) is 7.92. The van der Waals surface area contributed by atoms with Gasteiger partial charge < -0.3 is 4.74 Å². The molecule has 3 rings (SSSR count). The van der Waals surface area contributed by atoms with Crippen LogP contribution in [0.2, 0.25) is 0 Å². The van der Waals surface area contributed by atoms with Crippen LogP contribution in [0.4, 0.5) is 5.69 Å². The van der Waals surface area contributed by atoms with Gasteiger partial charge in [-0.3, -0.25) is 4.72 Å². The molecule has 4 nitrogen and oxygen atoms in total. The van der Waals surface area contributed by atoms with Gasteiger partial charge in [-0.1, -0.05) is 56.3 Å². The lowest BCUT2D eigenvalue weighted by Gasteiger charge is -2.14. The van der Waals surface area contributed by atoms with Crippen LogP contribution in [0.5, 0.6) is 11.5 Å². The summed E-state index contributed by atoms with van der Waals surface area (Å²) in [6.07, 6.45) is 0. The summed E-state index contributed by atoms with van der Waals surface area (Å²) in [6, 6.07) is 23.1. The van der Waals surface area contributed by atoms with Crippen LogP contribution in [0.25, 0.3) is 0 Å². The molecule has 0 heterocycles. The number of hydrogen-bond donors (Lipinski definition) is 1. The van der Waals surface area contributed by atoms with E-state index < -0.39 is 10.0 Å². The van der Waals surface area contributed by atoms with Crippen molar-refractivity contribution in [1.29, 1.82) is 0 Å². The predicted molar refractivity (Wildman–Crippen MR) is 104 cm³/mol. The molecule has 1 N–H and O–H groups in total. The molecule has 0 fully saturated rings. The van der Waals surface area contributed by atoms with Crippen molar-refractivity contribution < 1.29 is 13.2 Å². The van der Waals surface area contributed by atoms with Gasteiger partial charge in [-0.15, -0.1) is 0 Å². The number of rotatable bonds is 6. The minimum Gasteiger partial charge on any atom is -0.455 e. The highest BCUT2D eigenvalue weighted by Crippen LogP contribution is 2.31. The van der Waals surface area contributed by atoms with Crippen LogP contribution in [0.3, 0.4) is 0 Å². The van der Waals surface area contributed by atoms with Gasteiger partial charge in [0.05, 0.1) is 10.6 Å². The standard InChI is InChI=1S/C21H21NO3S/c1-16(2)17-12-14-19(15-13-17)26(23,24)22-20-10-6-7-11-21(20)25-18-8-4-3-5-9-18/h3-16,22H,1-2H3. The van der Waals surface area contributed by atoms with Gasteiger partial charge in [-0.05, 0) is 47.9 Å². The molecule has 0 aromatic heterocycles. The van der Waals surface area contributed by atoms with Crippen molar-refractivity contribution >= 4 is 15.7 Å². The lowest BCUT2D eigenvalue weighted by Crippen LogP contribution is -2.13. The summed E-state index contributed by atoms with van der Waals surface area (Å²) in [5.41, 5.74) is 1.49. The number of benzene rings is 3. The summed E-state index contributed by atoms with van der Waals surface area (Å²) in [6.45, 7) is 4.14. The van der Waals surface area contributed by atoms with Crippen LogP contribution in [-0.4, -0.2) is 8.42 Å². The number of hydrogen-bond acceptors (Lipinski definition) is 3. The van der Waals surface area contributed by atoms with Crippen molar-refractivity contribution in [3.63, 3.8) is 0 Å². The molecule has 0 spiro atoms. The first kappa shape index (κ1) is 18.0. The van der Waals surface area contributed by atoms with Crippen molar-refractivity contribution in [1.82, 2.24) is 0 Å². The maximum atomic E-state index is 12.7. The van der Waals surface area contributed by atoms with Gasteiger partial charge >= 0.3 is 0 Å². The zero-order chi connectivity index (χ0) is 18.6. The van der Waals surface area contributed by atoms with Crippen molar-refractivity contribution in [2.45, 2.75) is 24.7 Å². The number of para-hydroxylation sites is 3. The molecular weight excluding hydrogens is 346 g/mol. The Labute approximate surface area is 154 Å². The number of ether oxygens (including phenoxy) is 1. The minimum absolute atomic E-state index is 0.219. The smallest absolute Gasteiger partial charge is 0.262 e. The Morgan fingerprint density at radius 1 is 0.808 bits per heavy atom. The molecule has 0 atom stereocenters. The quantitative estimate of drug-likeness (QED) is 0.634. The lowest BCUT2D eigenvalue weighted by molar-refractivity contribution is 0.485. The van der Waals surface area contributed by atoms with Crippen LogP contribution in [0.15, 0.2) is 83.8 Å². The molecular formula is C21H21NO3S. The molecule has 0 unspecified atom stereocenters. The average molecular weight is 367 g/mol. The van der Waals surface area contributed by atoms with Gasteiger partial charge in [-0.2, -0.15) is 0 Å². The Hall–Kier alpha value is -2.79. The lowest BCUT2D eigenvalue weighted by atomic mass is 10.0. The molecule has 0 saturated heterocycles. The average Bonchev–Trinajstić information content (AvgIpc) is 2.64. The Morgan fingerprint density at radius 2 is 1.42 bits per heavy atom. The van der Waals surface area contributed by atoms with Gasteiger partial charge in [0.2, 0.25) is 0 Å². The maximum absolute atomic E-state index is 12.7. The third-order valence-corrected chi connectivity index (χ3v) is 5.34. The molecule has 0 bridgehead atoms. The summed E-state index contributed by atoms with van der Waals surface area (Å²) in [7, 11) is -3.70. The molecule has 0 aliphatic heterocycles. The fourth-order valence-electron chi connectivity index (χ4n) is 2.49. The summed E-state index contributed by atoms with van der Waals surface area (Å²) in [5.74, 6) is 1.43. The van der Waals surface area contributed by atoms with E-state index in [1.807, 2.05) is 42.5 Å². The Bertz CT molecular complexity index is 966. The van der Waals surface area contributed by atoms with Crippen molar-refractivity contribution in [2.75, 3.05) is 4.72 Å². The third-order valence-electron chi connectivity index (χ3n) is 3.96. The van der Waals surface area contributed by atoms with Gasteiger partial charge in [-0.25, -0.2) is 8.42 Å². The third kappa shape index (κ3) is 4.24. The maximum Gasteiger partial charge on any atom is 0.262 e. The SMILES string of the molecule is CC(C)c1ccc(S(=O)(=O)Nc2ccccc2Oc2ccccc2)cc1. The first-order chi connectivity index (χ1) is 12.5. The molecule has 134 valence electrons. The van der Waals surface area contributed by atoms with E-state index in [1.54, 1.807) is 36.4 Å². The first-order valence-corrected chi connectivity index (χ1v) is 9.89. The van der Waals surface area contributed by atoms with E-state index in [2.05, 4.69) is 18.6 Å². The molecule has 0 amide bonds. The molecule has 0 aliphatic carbocycles. The van der Waals surface area contributed by atoms with Gasteiger partial charge in [0.1, 0.15) is 5.75 Å². The van der Waals surface area contributed by atoms with E-state index in [1.165, 1.54) is 0 Å². The largest absolute Gasteiger partial charge is 0.455 e. The van der Waals surface area contributed by atoms with Crippen molar-refractivity contribution in [2.24, 2.45) is 0 Å². The topological polar surface area (TPSA) is 55.4 Å². The van der Waals surface area contributed by atoms with Crippen LogP contribution >= 0.6 is 0 Å².